The Hall–Kier alpha value is -2.64. The Morgan fingerprint density at radius 3 is 2.89 bits per heavy atom. The number of benzene rings is 1. The van der Waals surface area contributed by atoms with E-state index in [1.54, 1.807) is 0 Å². The normalized spacial score (nSPS) is 15.7. The van der Waals surface area contributed by atoms with Crippen LogP contribution in [0.2, 0.25) is 0 Å². The molecule has 0 atom stereocenters. The molecular formula is C10H11N5O3. The van der Waals surface area contributed by atoms with Crippen molar-refractivity contribution in [3.63, 3.8) is 0 Å². The minimum atomic E-state index is -0.479. The van der Waals surface area contributed by atoms with Gasteiger partial charge < -0.3 is 16.2 Å². The summed E-state index contributed by atoms with van der Waals surface area (Å²) in [4.78, 5) is 10.2. The molecule has 0 aliphatic carbocycles. The lowest BCUT2D eigenvalue weighted by Crippen LogP contribution is -2.22. The minimum absolute atomic E-state index is 0.0309. The van der Waals surface area contributed by atoms with Crippen LogP contribution in [0.1, 0.15) is 12.0 Å². The molecule has 18 heavy (non-hydrogen) atoms. The van der Waals surface area contributed by atoms with Crippen molar-refractivity contribution in [3.8, 4) is 5.75 Å². The van der Waals surface area contributed by atoms with E-state index < -0.39 is 4.92 Å². The topological polar surface area (TPSA) is 129 Å². The fraction of sp³-hybridized carbons (Fsp3) is 0.200. The fourth-order valence-electron chi connectivity index (χ4n) is 1.60. The molecule has 2 rings (SSSR count). The fourth-order valence-corrected chi connectivity index (χ4v) is 1.60. The molecule has 0 fully saturated rings. The Kier molecular flexibility index (Phi) is 3.09. The highest BCUT2D eigenvalue weighted by Gasteiger charge is 2.20. The molecule has 8 nitrogen and oxygen atoms in total. The molecule has 1 heterocycles. The van der Waals surface area contributed by atoms with Gasteiger partial charge in [-0.3, -0.25) is 10.1 Å². The number of hydrogen-bond acceptors (Lipinski definition) is 5. The second kappa shape index (κ2) is 4.70. The largest absolute Gasteiger partial charge is 0.492 e. The number of ether oxygens (including phenoxy) is 1. The van der Waals surface area contributed by atoms with Gasteiger partial charge in [-0.1, -0.05) is 0 Å². The van der Waals surface area contributed by atoms with Crippen molar-refractivity contribution >= 4 is 17.4 Å². The standard InChI is InChI=1S/C10H11N5O3/c11-10(12)14-13-8-3-4-18-9-2-1-6(15(16)17)5-7(8)9/h1-2,5H,3-4H2,(H4,11,12,14)/b13-8-. The predicted octanol–water partition coefficient (Wildman–Crippen LogP) is 0.355. The van der Waals surface area contributed by atoms with Gasteiger partial charge in [0.1, 0.15) is 5.75 Å². The zero-order chi connectivity index (χ0) is 13.1. The molecule has 8 heteroatoms. The lowest BCUT2D eigenvalue weighted by Gasteiger charge is -2.17. The number of rotatable bonds is 2. The van der Waals surface area contributed by atoms with Crippen LogP contribution in [0.25, 0.3) is 0 Å². The second-order valence-electron chi connectivity index (χ2n) is 3.61. The molecule has 0 radical (unpaired) electrons. The van der Waals surface area contributed by atoms with Gasteiger partial charge >= 0.3 is 0 Å². The van der Waals surface area contributed by atoms with Gasteiger partial charge in [-0.2, -0.15) is 5.10 Å². The van der Waals surface area contributed by atoms with E-state index in [1.165, 1.54) is 18.2 Å². The second-order valence-corrected chi connectivity index (χ2v) is 3.61. The third-order valence-corrected chi connectivity index (χ3v) is 2.37. The summed E-state index contributed by atoms with van der Waals surface area (Å²) >= 11 is 0. The van der Waals surface area contributed by atoms with Crippen LogP contribution in [0.4, 0.5) is 5.69 Å². The minimum Gasteiger partial charge on any atom is -0.492 e. The summed E-state index contributed by atoms with van der Waals surface area (Å²) in [6.45, 7) is 0.434. The number of nitrogens with zero attached hydrogens (tertiary/aromatic N) is 3. The average Bonchev–Trinajstić information content (AvgIpc) is 2.35. The van der Waals surface area contributed by atoms with Crippen molar-refractivity contribution in [2.24, 2.45) is 21.7 Å². The van der Waals surface area contributed by atoms with E-state index in [1.807, 2.05) is 0 Å². The van der Waals surface area contributed by atoms with Crippen LogP contribution in [-0.2, 0) is 0 Å². The van der Waals surface area contributed by atoms with Crippen LogP contribution < -0.4 is 16.2 Å². The van der Waals surface area contributed by atoms with Crippen molar-refractivity contribution in [2.45, 2.75) is 6.42 Å². The van der Waals surface area contributed by atoms with Crippen LogP contribution in [0.15, 0.2) is 28.4 Å². The molecule has 1 aliphatic heterocycles. The first-order valence-corrected chi connectivity index (χ1v) is 5.15. The van der Waals surface area contributed by atoms with Crippen molar-refractivity contribution in [1.82, 2.24) is 0 Å². The summed E-state index contributed by atoms with van der Waals surface area (Å²) < 4.78 is 5.38. The summed E-state index contributed by atoms with van der Waals surface area (Å²) in [5, 5.41) is 18.1. The van der Waals surface area contributed by atoms with Gasteiger partial charge in [-0.15, -0.1) is 5.10 Å². The van der Waals surface area contributed by atoms with Gasteiger partial charge in [0.2, 0.25) is 5.96 Å². The molecule has 4 N–H and O–H groups in total. The van der Waals surface area contributed by atoms with E-state index in [2.05, 4.69) is 10.2 Å². The molecule has 0 saturated heterocycles. The number of nitro benzene ring substituents is 1. The van der Waals surface area contributed by atoms with Crippen LogP contribution in [0.3, 0.4) is 0 Å². The number of hydrogen-bond donors (Lipinski definition) is 2. The van der Waals surface area contributed by atoms with Gasteiger partial charge in [0.15, 0.2) is 0 Å². The lowest BCUT2D eigenvalue weighted by atomic mass is 10.0. The molecule has 0 spiro atoms. The van der Waals surface area contributed by atoms with E-state index in [0.29, 0.717) is 30.1 Å². The maximum absolute atomic E-state index is 10.7. The van der Waals surface area contributed by atoms with Gasteiger partial charge in [0, 0.05) is 24.1 Å². The van der Waals surface area contributed by atoms with Gasteiger partial charge in [0.25, 0.3) is 5.69 Å². The van der Waals surface area contributed by atoms with Crippen LogP contribution in [-0.4, -0.2) is 23.2 Å². The van der Waals surface area contributed by atoms with Crippen molar-refractivity contribution < 1.29 is 9.66 Å². The predicted molar refractivity (Wildman–Crippen MR) is 65.6 cm³/mol. The Balaban J connectivity index is 2.47. The molecule has 94 valence electrons. The zero-order valence-corrected chi connectivity index (χ0v) is 9.37. The van der Waals surface area contributed by atoms with E-state index in [4.69, 9.17) is 16.2 Å². The SMILES string of the molecule is NC(N)=N/N=C1/CCOc2ccc([N+](=O)[O-])cc21. The van der Waals surface area contributed by atoms with Crippen LogP contribution >= 0.6 is 0 Å². The van der Waals surface area contributed by atoms with Crippen molar-refractivity contribution in [2.75, 3.05) is 6.61 Å². The third kappa shape index (κ3) is 2.37. The van der Waals surface area contributed by atoms with E-state index in [-0.39, 0.29) is 11.6 Å². The van der Waals surface area contributed by atoms with Gasteiger partial charge in [-0.25, -0.2) is 0 Å². The summed E-state index contributed by atoms with van der Waals surface area (Å²) in [6, 6.07) is 4.32. The van der Waals surface area contributed by atoms with E-state index >= 15 is 0 Å². The van der Waals surface area contributed by atoms with Crippen LogP contribution in [0, 0.1) is 10.1 Å². The lowest BCUT2D eigenvalue weighted by molar-refractivity contribution is -0.384. The molecule has 1 aliphatic rings. The van der Waals surface area contributed by atoms with E-state index in [0.717, 1.165) is 0 Å². The summed E-state index contributed by atoms with van der Waals surface area (Å²) in [5.41, 5.74) is 11.5. The Morgan fingerprint density at radius 2 is 2.22 bits per heavy atom. The third-order valence-electron chi connectivity index (χ3n) is 2.37. The smallest absolute Gasteiger partial charge is 0.270 e. The summed E-state index contributed by atoms with van der Waals surface area (Å²) in [7, 11) is 0. The first kappa shape index (κ1) is 11.8. The van der Waals surface area contributed by atoms with Gasteiger partial charge in [-0.05, 0) is 6.07 Å². The van der Waals surface area contributed by atoms with Crippen molar-refractivity contribution in [1.29, 1.82) is 0 Å². The average molecular weight is 249 g/mol. The molecule has 0 saturated carbocycles. The van der Waals surface area contributed by atoms with Crippen molar-refractivity contribution in [3.05, 3.63) is 33.9 Å². The first-order chi connectivity index (χ1) is 8.58. The first-order valence-electron chi connectivity index (χ1n) is 5.15. The molecular weight excluding hydrogens is 238 g/mol. The zero-order valence-electron chi connectivity index (χ0n) is 9.37. The number of guanidine groups is 1. The van der Waals surface area contributed by atoms with E-state index in [9.17, 15) is 10.1 Å². The highest BCUT2D eigenvalue weighted by Crippen LogP contribution is 2.28. The molecule has 0 unspecified atom stereocenters. The quantitative estimate of drug-likeness (QED) is 0.338. The van der Waals surface area contributed by atoms with Gasteiger partial charge in [0.05, 0.1) is 17.2 Å². The Bertz CT molecular complexity index is 548. The molecule has 0 bridgehead atoms. The van der Waals surface area contributed by atoms with Crippen LogP contribution in [0.5, 0.6) is 5.75 Å². The number of nitrogens with two attached hydrogens (primary N) is 2. The summed E-state index contributed by atoms with van der Waals surface area (Å²) in [6.07, 6.45) is 0.491. The highest BCUT2D eigenvalue weighted by atomic mass is 16.6. The number of nitro groups is 1. The molecule has 0 aromatic heterocycles. The molecule has 0 amide bonds. The maximum Gasteiger partial charge on any atom is 0.270 e. The Morgan fingerprint density at radius 1 is 1.44 bits per heavy atom. The molecule has 1 aromatic rings. The number of non-ortho nitro benzene ring substituents is 1. The maximum atomic E-state index is 10.7. The number of fused-ring (bicyclic) bond motifs is 1. The monoisotopic (exact) mass is 249 g/mol. The summed E-state index contributed by atoms with van der Waals surface area (Å²) in [5.74, 6) is 0.373. The Labute approximate surface area is 102 Å². The molecule has 1 aromatic carbocycles. The highest BCUT2D eigenvalue weighted by molar-refractivity contribution is 6.04.